The number of likely N-dealkylation sites (N-methyl/N-ethyl adjacent to an activating group) is 1. The van der Waals surface area contributed by atoms with Crippen LogP contribution in [0.4, 0.5) is 4.39 Å². The number of aryl methyl sites for hydroxylation is 1. The van der Waals surface area contributed by atoms with Crippen molar-refractivity contribution in [3.63, 3.8) is 0 Å². The zero-order valence-corrected chi connectivity index (χ0v) is 12.1. The van der Waals surface area contributed by atoms with Gasteiger partial charge in [-0.15, -0.1) is 0 Å². The fourth-order valence-electron chi connectivity index (χ4n) is 2.80. The Morgan fingerprint density at radius 1 is 1.42 bits per heavy atom. The van der Waals surface area contributed by atoms with Crippen LogP contribution >= 0.6 is 0 Å². The van der Waals surface area contributed by atoms with Gasteiger partial charge in [-0.05, 0) is 61.9 Å². The van der Waals surface area contributed by atoms with Crippen LogP contribution in [0.5, 0.6) is 0 Å². The molecule has 2 unspecified atom stereocenters. The number of methoxy groups -OCH3 is 1. The van der Waals surface area contributed by atoms with Gasteiger partial charge in [0.05, 0.1) is 6.10 Å². The van der Waals surface area contributed by atoms with Gasteiger partial charge in [0.25, 0.3) is 0 Å². The zero-order valence-electron chi connectivity index (χ0n) is 12.1. The van der Waals surface area contributed by atoms with E-state index in [2.05, 4.69) is 12.2 Å². The van der Waals surface area contributed by atoms with Crippen molar-refractivity contribution in [2.45, 2.75) is 45.3 Å². The molecule has 3 heteroatoms. The summed E-state index contributed by atoms with van der Waals surface area (Å²) < 4.78 is 18.8. The summed E-state index contributed by atoms with van der Waals surface area (Å²) >= 11 is 0. The van der Waals surface area contributed by atoms with Crippen molar-refractivity contribution < 1.29 is 9.13 Å². The molecule has 1 fully saturated rings. The van der Waals surface area contributed by atoms with Gasteiger partial charge < -0.3 is 10.1 Å². The number of rotatable bonds is 7. The molecule has 0 radical (unpaired) electrons. The highest BCUT2D eigenvalue weighted by atomic mass is 19.1. The maximum absolute atomic E-state index is 13.2. The van der Waals surface area contributed by atoms with Crippen LogP contribution in [0, 0.1) is 18.7 Å². The first-order valence-electron chi connectivity index (χ1n) is 7.17. The molecule has 2 atom stereocenters. The van der Waals surface area contributed by atoms with Gasteiger partial charge in [-0.2, -0.15) is 0 Å². The molecule has 0 bridgehead atoms. The molecular weight excluding hydrogens is 241 g/mol. The molecule has 0 saturated heterocycles. The highest BCUT2D eigenvalue weighted by Crippen LogP contribution is 2.36. The van der Waals surface area contributed by atoms with Gasteiger partial charge in [-0.3, -0.25) is 0 Å². The summed E-state index contributed by atoms with van der Waals surface area (Å²) in [5, 5.41) is 3.53. The van der Waals surface area contributed by atoms with Crippen LogP contribution < -0.4 is 5.32 Å². The SMILES string of the molecule is CCNC(Cc1ccc(F)cc1C)C(OC)C1CC1. The molecular formula is C16H24FNO. The van der Waals surface area contributed by atoms with E-state index in [1.54, 1.807) is 19.2 Å². The smallest absolute Gasteiger partial charge is 0.123 e. The highest BCUT2D eigenvalue weighted by molar-refractivity contribution is 5.27. The Balaban J connectivity index is 2.10. The Bertz CT molecular complexity index is 417. The van der Waals surface area contributed by atoms with Gasteiger partial charge in [-0.25, -0.2) is 4.39 Å². The summed E-state index contributed by atoms with van der Waals surface area (Å²) in [6, 6.07) is 5.36. The van der Waals surface area contributed by atoms with Crippen LogP contribution in [-0.2, 0) is 11.2 Å². The first kappa shape index (κ1) is 14.5. The number of halogens is 1. The van der Waals surface area contributed by atoms with E-state index in [0.717, 1.165) is 18.5 Å². The van der Waals surface area contributed by atoms with E-state index in [-0.39, 0.29) is 11.9 Å². The first-order valence-corrected chi connectivity index (χ1v) is 7.17. The minimum atomic E-state index is -0.160. The molecule has 19 heavy (non-hydrogen) atoms. The van der Waals surface area contributed by atoms with Crippen LogP contribution in [0.3, 0.4) is 0 Å². The number of benzene rings is 1. The van der Waals surface area contributed by atoms with Gasteiger partial charge in [0.15, 0.2) is 0 Å². The molecule has 1 aromatic carbocycles. The second kappa shape index (κ2) is 6.49. The zero-order chi connectivity index (χ0) is 13.8. The molecule has 106 valence electrons. The molecule has 1 aromatic rings. The lowest BCUT2D eigenvalue weighted by atomic mass is 9.95. The number of hydrogen-bond donors (Lipinski definition) is 1. The molecule has 2 nitrogen and oxygen atoms in total. The summed E-state index contributed by atoms with van der Waals surface area (Å²) in [7, 11) is 1.80. The molecule has 1 aliphatic carbocycles. The second-order valence-electron chi connectivity index (χ2n) is 5.48. The third kappa shape index (κ3) is 3.77. The third-order valence-electron chi connectivity index (χ3n) is 3.97. The molecule has 0 aromatic heterocycles. The van der Waals surface area contributed by atoms with Crippen LogP contribution in [-0.4, -0.2) is 25.8 Å². The molecule has 1 aliphatic rings. The third-order valence-corrected chi connectivity index (χ3v) is 3.97. The summed E-state index contributed by atoms with van der Waals surface area (Å²) in [6.45, 7) is 5.02. The maximum atomic E-state index is 13.2. The predicted octanol–water partition coefficient (Wildman–Crippen LogP) is 3.08. The minimum Gasteiger partial charge on any atom is -0.380 e. The van der Waals surface area contributed by atoms with E-state index >= 15 is 0 Å². The average molecular weight is 265 g/mol. The lowest BCUT2D eigenvalue weighted by Crippen LogP contribution is -2.43. The highest BCUT2D eigenvalue weighted by Gasteiger charge is 2.36. The van der Waals surface area contributed by atoms with Crippen LogP contribution in [0.2, 0.25) is 0 Å². The van der Waals surface area contributed by atoms with E-state index in [9.17, 15) is 4.39 Å². The monoisotopic (exact) mass is 265 g/mol. The van der Waals surface area contributed by atoms with Crippen LogP contribution in [0.25, 0.3) is 0 Å². The molecule has 0 amide bonds. The Kier molecular flexibility index (Phi) is 4.94. The van der Waals surface area contributed by atoms with Crippen molar-refractivity contribution in [2.75, 3.05) is 13.7 Å². The summed E-state index contributed by atoms with van der Waals surface area (Å²) in [4.78, 5) is 0. The Labute approximate surface area is 115 Å². The van der Waals surface area contributed by atoms with Gasteiger partial charge in [0.1, 0.15) is 5.82 Å². The lowest BCUT2D eigenvalue weighted by Gasteiger charge is -2.27. The van der Waals surface area contributed by atoms with Crippen LogP contribution in [0.15, 0.2) is 18.2 Å². The predicted molar refractivity (Wildman–Crippen MR) is 75.8 cm³/mol. The molecule has 0 aliphatic heterocycles. The Hall–Kier alpha value is -0.930. The first-order chi connectivity index (χ1) is 9.15. The van der Waals surface area contributed by atoms with Gasteiger partial charge in [0.2, 0.25) is 0 Å². The molecule has 2 rings (SSSR count). The van der Waals surface area contributed by atoms with Crippen molar-refractivity contribution >= 4 is 0 Å². The lowest BCUT2D eigenvalue weighted by molar-refractivity contribution is 0.0515. The quantitative estimate of drug-likeness (QED) is 0.818. The van der Waals surface area contributed by atoms with Crippen molar-refractivity contribution in [3.8, 4) is 0 Å². The molecule has 0 spiro atoms. The summed E-state index contributed by atoms with van der Waals surface area (Å²) in [5.41, 5.74) is 2.23. The van der Waals surface area contributed by atoms with E-state index in [4.69, 9.17) is 4.74 Å². The normalized spacial score (nSPS) is 18.3. The van der Waals surface area contributed by atoms with Crippen LogP contribution in [0.1, 0.15) is 30.9 Å². The van der Waals surface area contributed by atoms with Crippen molar-refractivity contribution in [3.05, 3.63) is 35.1 Å². The van der Waals surface area contributed by atoms with Crippen molar-refractivity contribution in [2.24, 2.45) is 5.92 Å². The standard InChI is InChI=1S/C16H24FNO/c1-4-18-15(16(19-3)12-5-6-12)10-13-7-8-14(17)9-11(13)2/h7-9,12,15-16,18H,4-6,10H2,1-3H3. The Morgan fingerprint density at radius 3 is 2.68 bits per heavy atom. The molecule has 1 N–H and O–H groups in total. The van der Waals surface area contributed by atoms with E-state index in [1.807, 2.05) is 13.0 Å². The number of nitrogens with one attached hydrogen (secondary N) is 1. The fourth-order valence-corrected chi connectivity index (χ4v) is 2.80. The summed E-state index contributed by atoms with van der Waals surface area (Å²) in [6.07, 6.45) is 3.70. The Morgan fingerprint density at radius 2 is 2.16 bits per heavy atom. The maximum Gasteiger partial charge on any atom is 0.123 e. The van der Waals surface area contributed by atoms with Crippen molar-refractivity contribution in [1.29, 1.82) is 0 Å². The van der Waals surface area contributed by atoms with Gasteiger partial charge in [-0.1, -0.05) is 13.0 Å². The largest absolute Gasteiger partial charge is 0.380 e. The summed E-state index contributed by atoms with van der Waals surface area (Å²) in [5.74, 6) is 0.529. The number of ether oxygens (including phenoxy) is 1. The average Bonchev–Trinajstić information content (AvgIpc) is 3.18. The van der Waals surface area contributed by atoms with E-state index in [1.165, 1.54) is 18.4 Å². The van der Waals surface area contributed by atoms with Crippen molar-refractivity contribution in [1.82, 2.24) is 5.32 Å². The topological polar surface area (TPSA) is 21.3 Å². The molecule has 1 saturated carbocycles. The second-order valence-corrected chi connectivity index (χ2v) is 5.48. The van der Waals surface area contributed by atoms with E-state index < -0.39 is 0 Å². The van der Waals surface area contributed by atoms with E-state index in [0.29, 0.717) is 12.0 Å². The minimum absolute atomic E-state index is 0.160. The van der Waals surface area contributed by atoms with Gasteiger partial charge >= 0.3 is 0 Å². The fraction of sp³-hybridized carbons (Fsp3) is 0.625. The molecule has 0 heterocycles. The van der Waals surface area contributed by atoms with Gasteiger partial charge in [0, 0.05) is 13.2 Å². The number of hydrogen-bond acceptors (Lipinski definition) is 2.